The second-order valence-electron chi connectivity index (χ2n) is 5.38. The van der Waals surface area contributed by atoms with Gasteiger partial charge in [0.15, 0.2) is 0 Å². The topological polar surface area (TPSA) is 12.9 Å². The summed E-state index contributed by atoms with van der Waals surface area (Å²) in [5.41, 5.74) is 1.00. The van der Waals surface area contributed by atoms with Crippen LogP contribution in [0.3, 0.4) is 0 Å². The van der Waals surface area contributed by atoms with Crippen molar-refractivity contribution in [2.75, 3.05) is 0 Å². The van der Waals surface area contributed by atoms with E-state index in [1.54, 1.807) is 11.3 Å². The van der Waals surface area contributed by atoms with Gasteiger partial charge in [-0.3, -0.25) is 0 Å². The smallest absolute Gasteiger partial charge is 0.137 e. The maximum Gasteiger partial charge on any atom is 0.137 e. The minimum absolute atomic E-state index is 0.577. The van der Waals surface area contributed by atoms with Gasteiger partial charge in [-0.05, 0) is 11.5 Å². The fourth-order valence-electron chi connectivity index (χ4n) is 3.16. The van der Waals surface area contributed by atoms with Crippen LogP contribution in [0.25, 0.3) is 41.8 Å². The standard InChI is InChI=1S/C19H10ClNS/c20-19-15-7-2-1-5-11(15)13-9-10-14-12-6-3-4-8-16(12)22-18(14)17(13)21-19/h1-10H. The number of aromatic nitrogens is 1. The van der Waals surface area contributed by atoms with Crippen molar-refractivity contribution < 1.29 is 0 Å². The summed E-state index contributed by atoms with van der Waals surface area (Å²) in [6.07, 6.45) is 0. The molecule has 0 aliphatic heterocycles. The maximum atomic E-state index is 6.43. The lowest BCUT2D eigenvalue weighted by atomic mass is 10.0. The second-order valence-corrected chi connectivity index (χ2v) is 6.80. The Bertz CT molecular complexity index is 1190. The van der Waals surface area contributed by atoms with E-state index in [2.05, 4.69) is 42.5 Å². The Morgan fingerprint density at radius 3 is 2.23 bits per heavy atom. The van der Waals surface area contributed by atoms with E-state index in [1.807, 2.05) is 18.2 Å². The minimum Gasteiger partial charge on any atom is -0.234 e. The highest BCUT2D eigenvalue weighted by atomic mass is 35.5. The molecule has 0 unspecified atom stereocenters. The van der Waals surface area contributed by atoms with Crippen LogP contribution in [0.5, 0.6) is 0 Å². The molecule has 5 rings (SSSR count). The zero-order chi connectivity index (χ0) is 14.7. The lowest BCUT2D eigenvalue weighted by Gasteiger charge is -2.06. The lowest BCUT2D eigenvalue weighted by Crippen LogP contribution is -1.84. The molecule has 0 radical (unpaired) electrons. The fraction of sp³-hybridized carbons (Fsp3) is 0. The number of rotatable bonds is 0. The predicted molar refractivity (Wildman–Crippen MR) is 97.1 cm³/mol. The molecular weight excluding hydrogens is 310 g/mol. The molecule has 0 bridgehead atoms. The Morgan fingerprint density at radius 1 is 0.682 bits per heavy atom. The maximum absolute atomic E-state index is 6.43. The van der Waals surface area contributed by atoms with Crippen molar-refractivity contribution >= 4 is 64.8 Å². The van der Waals surface area contributed by atoms with Crippen LogP contribution in [0.2, 0.25) is 5.15 Å². The first-order valence-corrected chi connectivity index (χ1v) is 8.30. The summed E-state index contributed by atoms with van der Waals surface area (Å²) in [6, 6.07) is 21.1. The Kier molecular flexibility index (Phi) is 2.49. The molecule has 0 fully saturated rings. The van der Waals surface area contributed by atoms with Gasteiger partial charge in [0.05, 0.1) is 10.2 Å². The van der Waals surface area contributed by atoms with Crippen molar-refractivity contribution in [3.05, 3.63) is 65.8 Å². The molecule has 3 heteroatoms. The quantitative estimate of drug-likeness (QED) is 0.237. The summed E-state index contributed by atoms with van der Waals surface area (Å²) in [7, 11) is 0. The van der Waals surface area contributed by atoms with Gasteiger partial charge in [0, 0.05) is 26.2 Å². The number of hydrogen-bond donors (Lipinski definition) is 0. The van der Waals surface area contributed by atoms with Gasteiger partial charge in [0.1, 0.15) is 5.15 Å². The molecule has 1 nitrogen and oxygen atoms in total. The van der Waals surface area contributed by atoms with Crippen molar-refractivity contribution in [2.24, 2.45) is 0 Å². The van der Waals surface area contributed by atoms with Crippen LogP contribution < -0.4 is 0 Å². The zero-order valence-electron chi connectivity index (χ0n) is 11.5. The molecule has 2 aromatic heterocycles. The van der Waals surface area contributed by atoms with Crippen molar-refractivity contribution in [1.29, 1.82) is 0 Å². The van der Waals surface area contributed by atoms with Gasteiger partial charge >= 0.3 is 0 Å². The first-order valence-electron chi connectivity index (χ1n) is 7.11. The van der Waals surface area contributed by atoms with Gasteiger partial charge in [0.2, 0.25) is 0 Å². The molecule has 22 heavy (non-hydrogen) atoms. The summed E-state index contributed by atoms with van der Waals surface area (Å²) in [4.78, 5) is 4.70. The van der Waals surface area contributed by atoms with Gasteiger partial charge < -0.3 is 0 Å². The van der Waals surface area contributed by atoms with E-state index in [-0.39, 0.29) is 0 Å². The SMILES string of the molecule is Clc1nc2c(ccc3c4ccccc4sc32)c2ccccc12. The number of thiophene rings is 1. The molecular formula is C19H10ClNS. The summed E-state index contributed by atoms with van der Waals surface area (Å²) in [5.74, 6) is 0. The summed E-state index contributed by atoms with van der Waals surface area (Å²) >= 11 is 8.22. The van der Waals surface area contributed by atoms with Gasteiger partial charge in [-0.25, -0.2) is 4.98 Å². The van der Waals surface area contributed by atoms with E-state index in [0.717, 1.165) is 16.3 Å². The molecule has 104 valence electrons. The van der Waals surface area contributed by atoms with Crippen LogP contribution in [0.4, 0.5) is 0 Å². The average Bonchev–Trinajstić information content (AvgIpc) is 2.94. The van der Waals surface area contributed by atoms with Crippen LogP contribution >= 0.6 is 22.9 Å². The van der Waals surface area contributed by atoms with E-state index < -0.39 is 0 Å². The Hall–Kier alpha value is -2.16. The molecule has 0 spiro atoms. The number of nitrogens with zero attached hydrogens (tertiary/aromatic N) is 1. The van der Waals surface area contributed by atoms with E-state index >= 15 is 0 Å². The molecule has 0 aliphatic rings. The van der Waals surface area contributed by atoms with Gasteiger partial charge in [-0.15, -0.1) is 11.3 Å². The molecule has 0 atom stereocenters. The van der Waals surface area contributed by atoms with E-state index in [1.165, 1.54) is 25.6 Å². The minimum atomic E-state index is 0.577. The van der Waals surface area contributed by atoms with Crippen molar-refractivity contribution in [1.82, 2.24) is 4.98 Å². The van der Waals surface area contributed by atoms with E-state index in [4.69, 9.17) is 16.6 Å². The molecule has 3 aromatic carbocycles. The first-order chi connectivity index (χ1) is 10.8. The number of benzene rings is 3. The molecule has 0 saturated carbocycles. The largest absolute Gasteiger partial charge is 0.234 e. The highest BCUT2D eigenvalue weighted by Gasteiger charge is 2.12. The molecule has 0 N–H and O–H groups in total. The van der Waals surface area contributed by atoms with Crippen LogP contribution in [0, 0.1) is 0 Å². The van der Waals surface area contributed by atoms with Crippen LogP contribution in [-0.2, 0) is 0 Å². The van der Waals surface area contributed by atoms with Crippen LogP contribution in [0.15, 0.2) is 60.7 Å². The summed E-state index contributed by atoms with van der Waals surface area (Å²) in [5, 5.41) is 6.46. The zero-order valence-corrected chi connectivity index (χ0v) is 13.1. The highest BCUT2D eigenvalue weighted by molar-refractivity contribution is 7.26. The third-order valence-electron chi connectivity index (χ3n) is 4.17. The van der Waals surface area contributed by atoms with Gasteiger partial charge in [0.25, 0.3) is 0 Å². The predicted octanol–water partition coefficient (Wildman–Crippen LogP) is 6.41. The van der Waals surface area contributed by atoms with E-state index in [9.17, 15) is 0 Å². The molecule has 0 aliphatic carbocycles. The number of pyridine rings is 1. The van der Waals surface area contributed by atoms with Crippen molar-refractivity contribution in [2.45, 2.75) is 0 Å². The van der Waals surface area contributed by atoms with Crippen molar-refractivity contribution in [3.63, 3.8) is 0 Å². The fourth-order valence-corrected chi connectivity index (χ4v) is 4.60. The molecule has 2 heterocycles. The Balaban J connectivity index is 2.09. The molecule has 5 aromatic rings. The monoisotopic (exact) mass is 319 g/mol. The average molecular weight is 320 g/mol. The molecule has 0 saturated heterocycles. The van der Waals surface area contributed by atoms with Gasteiger partial charge in [-0.1, -0.05) is 66.2 Å². The third-order valence-corrected chi connectivity index (χ3v) is 5.65. The first kappa shape index (κ1) is 12.4. The molecule has 0 amide bonds. The highest BCUT2D eigenvalue weighted by Crippen LogP contribution is 2.40. The number of hydrogen-bond acceptors (Lipinski definition) is 2. The van der Waals surface area contributed by atoms with Gasteiger partial charge in [-0.2, -0.15) is 0 Å². The summed E-state index contributed by atoms with van der Waals surface area (Å²) < 4.78 is 2.50. The number of fused-ring (bicyclic) bond motifs is 7. The van der Waals surface area contributed by atoms with E-state index in [0.29, 0.717) is 5.15 Å². The van der Waals surface area contributed by atoms with Crippen LogP contribution in [-0.4, -0.2) is 4.98 Å². The van der Waals surface area contributed by atoms with Crippen molar-refractivity contribution in [3.8, 4) is 0 Å². The summed E-state index contributed by atoms with van der Waals surface area (Å²) in [6.45, 7) is 0. The Morgan fingerprint density at radius 2 is 1.36 bits per heavy atom. The van der Waals surface area contributed by atoms with Crippen LogP contribution in [0.1, 0.15) is 0 Å². The number of halogens is 1. The normalized spacial score (nSPS) is 11.9. The third kappa shape index (κ3) is 1.57. The Labute approximate surface area is 135 Å². The second kappa shape index (κ2) is 4.42. The lowest BCUT2D eigenvalue weighted by molar-refractivity contribution is 1.46.